The number of hydrogen-bond donors (Lipinski definition) is 3. The molecule has 2 unspecified atom stereocenters. The van der Waals surface area contributed by atoms with Gasteiger partial charge in [0.1, 0.15) is 5.82 Å². The van der Waals surface area contributed by atoms with Gasteiger partial charge in [-0.05, 0) is 46.7 Å². The Bertz CT molecular complexity index is 464. The minimum Gasteiger partial charge on any atom is -0.398 e. The molecular weight excluding hydrogens is 287 g/mol. The SMILES string of the molecule is N=Cc1c(N)cc(F)c(C2CC2CCO)c1Br. The molecule has 1 fully saturated rings. The minimum atomic E-state index is -0.328. The molecular formula is C12H14BrFN2O. The Hall–Kier alpha value is -0.940. The van der Waals surface area contributed by atoms with Crippen LogP contribution in [0.15, 0.2) is 10.5 Å². The molecule has 5 heteroatoms. The van der Waals surface area contributed by atoms with E-state index in [1.165, 1.54) is 6.07 Å². The number of benzene rings is 1. The van der Waals surface area contributed by atoms with Gasteiger partial charge in [-0.25, -0.2) is 4.39 Å². The number of rotatable bonds is 4. The standard InChI is InChI=1S/C12H14BrFN2O/c13-12-8(5-15)10(16)4-9(14)11(12)7-3-6(7)1-2-17/h4-7,15,17H,1-3,16H2. The van der Waals surface area contributed by atoms with Crippen LogP contribution < -0.4 is 5.73 Å². The molecule has 0 heterocycles. The maximum atomic E-state index is 13.9. The second-order valence-electron chi connectivity index (χ2n) is 4.35. The van der Waals surface area contributed by atoms with E-state index >= 15 is 0 Å². The number of halogens is 2. The molecule has 4 N–H and O–H groups in total. The van der Waals surface area contributed by atoms with Crippen molar-refractivity contribution in [2.75, 3.05) is 12.3 Å². The second kappa shape index (κ2) is 4.74. The first-order valence-electron chi connectivity index (χ1n) is 5.48. The summed E-state index contributed by atoms with van der Waals surface area (Å²) in [4.78, 5) is 0. The summed E-state index contributed by atoms with van der Waals surface area (Å²) in [6.45, 7) is 0.132. The average Bonchev–Trinajstić information content (AvgIpc) is 2.97. The second-order valence-corrected chi connectivity index (χ2v) is 5.14. The van der Waals surface area contributed by atoms with E-state index in [0.29, 0.717) is 27.9 Å². The molecule has 92 valence electrons. The number of aliphatic hydroxyl groups is 1. The molecule has 0 aliphatic heterocycles. The predicted octanol–water partition coefficient (Wildman–Crippen LogP) is 2.65. The lowest BCUT2D eigenvalue weighted by molar-refractivity contribution is 0.279. The lowest BCUT2D eigenvalue weighted by Gasteiger charge is -2.11. The van der Waals surface area contributed by atoms with Gasteiger partial charge in [0.25, 0.3) is 0 Å². The van der Waals surface area contributed by atoms with Crippen molar-refractivity contribution in [3.05, 3.63) is 27.5 Å². The topological polar surface area (TPSA) is 70.1 Å². The number of nitrogen functional groups attached to an aromatic ring is 1. The molecule has 1 aromatic carbocycles. The molecule has 1 aromatic rings. The molecule has 0 saturated heterocycles. The third kappa shape index (κ3) is 2.21. The van der Waals surface area contributed by atoms with Gasteiger partial charge in [0.05, 0.1) is 0 Å². The molecule has 0 aromatic heterocycles. The van der Waals surface area contributed by atoms with E-state index in [0.717, 1.165) is 12.6 Å². The van der Waals surface area contributed by atoms with Crippen molar-refractivity contribution < 1.29 is 9.50 Å². The summed E-state index contributed by atoms with van der Waals surface area (Å²) in [6, 6.07) is 1.27. The summed E-state index contributed by atoms with van der Waals surface area (Å²) in [5.41, 5.74) is 7.04. The first-order valence-corrected chi connectivity index (χ1v) is 6.28. The van der Waals surface area contributed by atoms with Crippen molar-refractivity contribution in [3.8, 4) is 0 Å². The highest BCUT2D eigenvalue weighted by Crippen LogP contribution is 2.53. The summed E-state index contributed by atoms with van der Waals surface area (Å²) in [5.74, 6) is 0.147. The molecule has 2 atom stereocenters. The molecule has 0 bridgehead atoms. The zero-order chi connectivity index (χ0) is 12.6. The Morgan fingerprint density at radius 2 is 2.35 bits per heavy atom. The number of hydrogen-bond acceptors (Lipinski definition) is 3. The van der Waals surface area contributed by atoms with Gasteiger partial charge in [0, 0.05) is 34.1 Å². The van der Waals surface area contributed by atoms with E-state index in [1.807, 2.05) is 0 Å². The van der Waals surface area contributed by atoms with E-state index in [-0.39, 0.29) is 24.0 Å². The van der Waals surface area contributed by atoms with E-state index in [2.05, 4.69) is 15.9 Å². The Labute approximate surface area is 107 Å². The predicted molar refractivity (Wildman–Crippen MR) is 68.9 cm³/mol. The van der Waals surface area contributed by atoms with Crippen molar-refractivity contribution in [3.63, 3.8) is 0 Å². The minimum absolute atomic E-state index is 0.132. The van der Waals surface area contributed by atoms with Gasteiger partial charge in [-0.1, -0.05) is 0 Å². The van der Waals surface area contributed by atoms with Crippen molar-refractivity contribution >= 4 is 27.8 Å². The van der Waals surface area contributed by atoms with Crippen LogP contribution >= 0.6 is 15.9 Å². The Kier molecular flexibility index (Phi) is 3.49. The van der Waals surface area contributed by atoms with Gasteiger partial charge in [-0.15, -0.1) is 0 Å². The molecule has 1 aliphatic rings. The average molecular weight is 301 g/mol. The van der Waals surface area contributed by atoms with Crippen LogP contribution in [-0.4, -0.2) is 17.9 Å². The maximum Gasteiger partial charge on any atom is 0.129 e. The van der Waals surface area contributed by atoms with Crippen LogP contribution in [0.25, 0.3) is 0 Å². The number of nitrogens with two attached hydrogens (primary N) is 1. The lowest BCUT2D eigenvalue weighted by Crippen LogP contribution is -2.01. The summed E-state index contributed by atoms with van der Waals surface area (Å²) in [5, 5.41) is 16.2. The van der Waals surface area contributed by atoms with Gasteiger partial charge >= 0.3 is 0 Å². The zero-order valence-corrected chi connectivity index (χ0v) is 10.8. The summed E-state index contributed by atoms with van der Waals surface area (Å²) in [7, 11) is 0. The fourth-order valence-electron chi connectivity index (χ4n) is 2.24. The highest BCUT2D eigenvalue weighted by Gasteiger charge is 2.41. The third-order valence-electron chi connectivity index (χ3n) is 3.26. The van der Waals surface area contributed by atoms with Crippen LogP contribution in [0.5, 0.6) is 0 Å². The van der Waals surface area contributed by atoms with Crippen LogP contribution in [0.1, 0.15) is 29.9 Å². The van der Waals surface area contributed by atoms with Crippen molar-refractivity contribution in [2.24, 2.45) is 5.92 Å². The van der Waals surface area contributed by atoms with E-state index in [1.54, 1.807) is 0 Å². The lowest BCUT2D eigenvalue weighted by atomic mass is 10.0. The van der Waals surface area contributed by atoms with E-state index in [9.17, 15) is 4.39 Å². The number of nitrogens with one attached hydrogen (secondary N) is 1. The smallest absolute Gasteiger partial charge is 0.129 e. The Morgan fingerprint density at radius 1 is 1.65 bits per heavy atom. The quantitative estimate of drug-likeness (QED) is 0.591. The molecule has 0 spiro atoms. The van der Waals surface area contributed by atoms with Crippen LogP contribution in [0.2, 0.25) is 0 Å². The van der Waals surface area contributed by atoms with Crippen molar-refractivity contribution in [1.82, 2.24) is 0 Å². The third-order valence-corrected chi connectivity index (χ3v) is 4.12. The highest BCUT2D eigenvalue weighted by molar-refractivity contribution is 9.10. The highest BCUT2D eigenvalue weighted by atomic mass is 79.9. The molecule has 0 amide bonds. The van der Waals surface area contributed by atoms with Crippen LogP contribution in [0.3, 0.4) is 0 Å². The van der Waals surface area contributed by atoms with Gasteiger partial charge < -0.3 is 16.2 Å². The van der Waals surface area contributed by atoms with Crippen molar-refractivity contribution in [2.45, 2.75) is 18.8 Å². The Morgan fingerprint density at radius 3 is 2.94 bits per heavy atom. The molecule has 2 rings (SSSR count). The molecule has 1 saturated carbocycles. The first kappa shape index (κ1) is 12.5. The molecule has 0 radical (unpaired) electrons. The first-order chi connectivity index (χ1) is 8.10. The van der Waals surface area contributed by atoms with E-state index < -0.39 is 0 Å². The summed E-state index contributed by atoms with van der Waals surface area (Å²) in [6.07, 6.45) is 2.71. The summed E-state index contributed by atoms with van der Waals surface area (Å²) < 4.78 is 14.5. The number of aliphatic hydroxyl groups excluding tert-OH is 1. The van der Waals surface area contributed by atoms with Gasteiger partial charge in [0.15, 0.2) is 0 Å². The number of anilines is 1. The van der Waals surface area contributed by atoms with Gasteiger partial charge in [-0.2, -0.15) is 0 Å². The fourth-order valence-corrected chi connectivity index (χ4v) is 3.07. The molecule has 17 heavy (non-hydrogen) atoms. The van der Waals surface area contributed by atoms with E-state index in [4.69, 9.17) is 16.2 Å². The van der Waals surface area contributed by atoms with Gasteiger partial charge in [-0.3, -0.25) is 0 Å². The summed E-state index contributed by atoms with van der Waals surface area (Å²) >= 11 is 3.33. The van der Waals surface area contributed by atoms with Crippen LogP contribution in [0.4, 0.5) is 10.1 Å². The molecule has 3 nitrogen and oxygen atoms in total. The zero-order valence-electron chi connectivity index (χ0n) is 9.21. The fraction of sp³-hybridized carbons (Fsp3) is 0.417. The monoisotopic (exact) mass is 300 g/mol. The van der Waals surface area contributed by atoms with Crippen LogP contribution in [-0.2, 0) is 0 Å². The largest absolute Gasteiger partial charge is 0.398 e. The van der Waals surface area contributed by atoms with Crippen LogP contribution in [0, 0.1) is 17.1 Å². The molecule has 1 aliphatic carbocycles. The van der Waals surface area contributed by atoms with Crippen molar-refractivity contribution in [1.29, 1.82) is 5.41 Å². The van der Waals surface area contributed by atoms with Gasteiger partial charge in [0.2, 0.25) is 0 Å². The maximum absolute atomic E-state index is 13.9. The normalized spacial score (nSPS) is 22.5. The Balaban J connectivity index is 2.38.